The fourth-order valence-corrected chi connectivity index (χ4v) is 3.44. The van der Waals surface area contributed by atoms with Gasteiger partial charge in [0.1, 0.15) is 0 Å². The van der Waals surface area contributed by atoms with Crippen LogP contribution in [0.5, 0.6) is 17.2 Å². The zero-order valence-electron chi connectivity index (χ0n) is 12.1. The summed E-state index contributed by atoms with van der Waals surface area (Å²) in [5.41, 5.74) is 1.93. The molecule has 0 unspecified atom stereocenters. The molecular weight excluding hydrogens is 300 g/mol. The van der Waals surface area contributed by atoms with Gasteiger partial charge in [-0.3, -0.25) is 0 Å². The Morgan fingerprint density at radius 1 is 1.14 bits per heavy atom. The summed E-state index contributed by atoms with van der Waals surface area (Å²) >= 11 is 6.11. The van der Waals surface area contributed by atoms with Crippen LogP contribution in [0.4, 0.5) is 11.4 Å². The highest BCUT2D eigenvalue weighted by Gasteiger charge is 2.32. The van der Waals surface area contributed by atoms with Gasteiger partial charge in [0.05, 0.1) is 11.4 Å². The van der Waals surface area contributed by atoms with Crippen LogP contribution in [0.3, 0.4) is 0 Å². The van der Waals surface area contributed by atoms with Crippen molar-refractivity contribution < 1.29 is 9.84 Å². The van der Waals surface area contributed by atoms with Crippen LogP contribution in [-0.2, 0) is 0 Å². The lowest BCUT2D eigenvalue weighted by Gasteiger charge is -2.40. The highest BCUT2D eigenvalue weighted by molar-refractivity contribution is 6.30. The number of para-hydroxylation sites is 1. The van der Waals surface area contributed by atoms with E-state index in [2.05, 4.69) is 10.2 Å². The van der Waals surface area contributed by atoms with Gasteiger partial charge < -0.3 is 20.1 Å². The first-order valence-electron chi connectivity index (χ1n) is 7.53. The number of nitrogens with zero attached hydrogens (tertiary/aromatic N) is 1. The average molecular weight is 317 g/mol. The van der Waals surface area contributed by atoms with E-state index < -0.39 is 0 Å². The fraction of sp³-hybridized carbons (Fsp3) is 0.294. The number of aromatic hydroxyl groups is 1. The first-order valence-corrected chi connectivity index (χ1v) is 7.91. The molecule has 0 bridgehead atoms. The van der Waals surface area contributed by atoms with Crippen molar-refractivity contribution in [3.63, 3.8) is 0 Å². The molecular formula is C17H17ClN2O2. The summed E-state index contributed by atoms with van der Waals surface area (Å²) in [4.78, 5) is 2.28. The maximum absolute atomic E-state index is 10.2. The van der Waals surface area contributed by atoms with Crippen LogP contribution in [0.1, 0.15) is 12.8 Å². The van der Waals surface area contributed by atoms with Crippen molar-refractivity contribution in [2.45, 2.75) is 18.9 Å². The topological polar surface area (TPSA) is 44.7 Å². The molecule has 1 fully saturated rings. The highest BCUT2D eigenvalue weighted by Crippen LogP contribution is 2.52. The lowest BCUT2D eigenvalue weighted by molar-refractivity contribution is 0.394. The van der Waals surface area contributed by atoms with E-state index >= 15 is 0 Å². The van der Waals surface area contributed by atoms with E-state index in [0.29, 0.717) is 22.6 Å². The number of nitrogens with one attached hydrogen (secondary N) is 1. The molecule has 0 aliphatic carbocycles. The second-order valence-electron chi connectivity index (χ2n) is 5.69. The van der Waals surface area contributed by atoms with E-state index in [0.717, 1.165) is 37.3 Å². The molecule has 0 aromatic heterocycles. The minimum atomic E-state index is 0.155. The van der Waals surface area contributed by atoms with Crippen LogP contribution >= 0.6 is 11.6 Å². The number of hydrogen-bond donors (Lipinski definition) is 2. The van der Waals surface area contributed by atoms with E-state index in [1.54, 1.807) is 12.1 Å². The predicted octanol–water partition coefficient (Wildman–Crippen LogP) is 4.04. The minimum Gasteiger partial charge on any atom is -0.504 e. The summed E-state index contributed by atoms with van der Waals surface area (Å²) < 4.78 is 5.92. The number of anilines is 2. The minimum absolute atomic E-state index is 0.155. The smallest absolute Gasteiger partial charge is 0.192 e. The van der Waals surface area contributed by atoms with Gasteiger partial charge in [-0.05, 0) is 50.2 Å². The van der Waals surface area contributed by atoms with Crippen molar-refractivity contribution in [2.24, 2.45) is 0 Å². The normalized spacial score (nSPS) is 17.6. The molecule has 0 radical (unpaired) electrons. The van der Waals surface area contributed by atoms with Crippen molar-refractivity contribution in [2.75, 3.05) is 18.0 Å². The SMILES string of the molecule is Oc1cccc2c1Oc1cc(Cl)ccc1N2C1CCNCC1. The van der Waals surface area contributed by atoms with Gasteiger partial charge in [0.25, 0.3) is 0 Å². The molecule has 0 atom stereocenters. The molecule has 2 aliphatic heterocycles. The van der Waals surface area contributed by atoms with Crippen LogP contribution in [0.2, 0.25) is 5.02 Å². The molecule has 4 nitrogen and oxygen atoms in total. The maximum Gasteiger partial charge on any atom is 0.192 e. The van der Waals surface area contributed by atoms with Crippen molar-refractivity contribution in [1.29, 1.82) is 0 Å². The Kier molecular flexibility index (Phi) is 3.36. The summed E-state index contributed by atoms with van der Waals surface area (Å²) in [5, 5.41) is 14.2. The number of ether oxygens (including phenoxy) is 1. The molecule has 2 N–H and O–H groups in total. The molecule has 0 amide bonds. The molecule has 2 aromatic rings. The zero-order valence-corrected chi connectivity index (χ0v) is 12.8. The molecule has 2 heterocycles. The Hall–Kier alpha value is -1.91. The van der Waals surface area contributed by atoms with E-state index in [-0.39, 0.29) is 5.75 Å². The van der Waals surface area contributed by atoms with Crippen LogP contribution in [0.25, 0.3) is 0 Å². The average Bonchev–Trinajstić information content (AvgIpc) is 2.54. The second-order valence-corrected chi connectivity index (χ2v) is 6.13. The summed E-state index contributed by atoms with van der Waals surface area (Å²) in [7, 11) is 0. The third-order valence-electron chi connectivity index (χ3n) is 4.30. The van der Waals surface area contributed by atoms with Crippen molar-refractivity contribution >= 4 is 23.0 Å². The van der Waals surface area contributed by atoms with Gasteiger partial charge in [0, 0.05) is 17.1 Å². The summed E-state index contributed by atoms with van der Waals surface area (Å²) in [6, 6.07) is 11.6. The molecule has 2 aromatic carbocycles. The van der Waals surface area contributed by atoms with Gasteiger partial charge >= 0.3 is 0 Å². The highest BCUT2D eigenvalue weighted by atomic mass is 35.5. The number of phenolic OH excluding ortho intramolecular Hbond substituents is 1. The van der Waals surface area contributed by atoms with Crippen LogP contribution < -0.4 is 15.0 Å². The number of rotatable bonds is 1. The summed E-state index contributed by atoms with van der Waals surface area (Å²) in [6.07, 6.45) is 2.11. The Labute approximate surface area is 134 Å². The first kappa shape index (κ1) is 13.7. The lowest BCUT2D eigenvalue weighted by atomic mass is 10.0. The number of phenols is 1. The lowest BCUT2D eigenvalue weighted by Crippen LogP contribution is -2.41. The number of halogens is 1. The van der Waals surface area contributed by atoms with Gasteiger partial charge in [-0.1, -0.05) is 17.7 Å². The molecule has 114 valence electrons. The van der Waals surface area contributed by atoms with Gasteiger partial charge in [-0.25, -0.2) is 0 Å². The number of piperidine rings is 1. The van der Waals surface area contributed by atoms with Crippen molar-refractivity contribution in [3.8, 4) is 17.2 Å². The van der Waals surface area contributed by atoms with E-state index in [9.17, 15) is 5.11 Å². The van der Waals surface area contributed by atoms with Gasteiger partial charge in [0.15, 0.2) is 17.2 Å². The van der Waals surface area contributed by atoms with Crippen LogP contribution in [0.15, 0.2) is 36.4 Å². The van der Waals surface area contributed by atoms with E-state index in [4.69, 9.17) is 16.3 Å². The summed E-state index contributed by atoms with van der Waals surface area (Å²) in [5.74, 6) is 1.36. The monoisotopic (exact) mass is 316 g/mol. The zero-order chi connectivity index (χ0) is 15.1. The Bertz CT molecular complexity index is 714. The Morgan fingerprint density at radius 3 is 2.77 bits per heavy atom. The van der Waals surface area contributed by atoms with E-state index in [1.807, 2.05) is 24.3 Å². The molecule has 0 saturated carbocycles. The number of hydrogen-bond acceptors (Lipinski definition) is 4. The Morgan fingerprint density at radius 2 is 1.95 bits per heavy atom. The summed E-state index contributed by atoms with van der Waals surface area (Å²) in [6.45, 7) is 2.00. The van der Waals surface area contributed by atoms with Gasteiger partial charge in [-0.2, -0.15) is 0 Å². The Balaban J connectivity index is 1.87. The standard InChI is InChI=1S/C17H17ClN2O2/c18-11-4-5-13-16(10-11)22-17-14(2-1-3-15(17)21)20(13)12-6-8-19-9-7-12/h1-5,10,12,19,21H,6-9H2. The fourth-order valence-electron chi connectivity index (χ4n) is 3.27. The number of benzene rings is 2. The molecule has 5 heteroatoms. The number of fused-ring (bicyclic) bond motifs is 2. The molecule has 22 heavy (non-hydrogen) atoms. The maximum atomic E-state index is 10.2. The molecule has 1 saturated heterocycles. The predicted molar refractivity (Wildman–Crippen MR) is 87.7 cm³/mol. The second kappa shape index (κ2) is 5.38. The van der Waals surface area contributed by atoms with E-state index in [1.165, 1.54) is 0 Å². The molecule has 4 rings (SSSR count). The van der Waals surface area contributed by atoms with Gasteiger partial charge in [-0.15, -0.1) is 0 Å². The van der Waals surface area contributed by atoms with Gasteiger partial charge in [0.2, 0.25) is 0 Å². The third kappa shape index (κ3) is 2.19. The van der Waals surface area contributed by atoms with Crippen molar-refractivity contribution in [3.05, 3.63) is 41.4 Å². The third-order valence-corrected chi connectivity index (χ3v) is 4.54. The van der Waals surface area contributed by atoms with Crippen molar-refractivity contribution in [1.82, 2.24) is 5.32 Å². The first-order chi connectivity index (χ1) is 10.7. The molecule has 2 aliphatic rings. The van der Waals surface area contributed by atoms with Crippen LogP contribution in [-0.4, -0.2) is 24.2 Å². The largest absolute Gasteiger partial charge is 0.504 e. The van der Waals surface area contributed by atoms with Crippen LogP contribution in [0, 0.1) is 0 Å². The quantitative estimate of drug-likeness (QED) is 0.833. The molecule has 0 spiro atoms.